The maximum Gasteiger partial charge on any atom is 0.251 e. The number of carbonyl (C=O) groups excluding carboxylic acids is 1. The topological polar surface area (TPSA) is 96.7 Å². The van der Waals surface area contributed by atoms with Crippen molar-refractivity contribution in [2.75, 3.05) is 36.5 Å². The van der Waals surface area contributed by atoms with Crippen molar-refractivity contribution in [3.05, 3.63) is 65.1 Å². The minimum absolute atomic E-state index is 0.0448. The van der Waals surface area contributed by atoms with E-state index in [0.29, 0.717) is 28.6 Å². The number of aromatic nitrogens is 4. The van der Waals surface area contributed by atoms with Crippen LogP contribution < -0.4 is 15.5 Å². The minimum Gasteiger partial charge on any atom is -0.378 e. The van der Waals surface area contributed by atoms with Crippen molar-refractivity contribution in [1.82, 2.24) is 24.9 Å². The third-order valence-electron chi connectivity index (χ3n) is 5.97. The van der Waals surface area contributed by atoms with Crippen molar-refractivity contribution >= 4 is 40.3 Å². The molecule has 4 aromatic rings. The smallest absolute Gasteiger partial charge is 0.251 e. The monoisotopic (exact) mass is 461 g/mol. The number of ether oxygens (including phenoxy) is 1. The molecule has 2 aromatic heterocycles. The van der Waals surface area contributed by atoms with Gasteiger partial charge < -0.3 is 20.3 Å². The molecule has 0 bridgehead atoms. The van der Waals surface area contributed by atoms with Crippen LogP contribution in [0.25, 0.3) is 16.9 Å². The molecule has 1 fully saturated rings. The second-order valence-corrected chi connectivity index (χ2v) is 8.34. The fraction of sp³-hybridized carbons (Fsp3) is 0.217. The summed E-state index contributed by atoms with van der Waals surface area (Å²) in [6.07, 6.45) is 3.24. The van der Waals surface area contributed by atoms with Gasteiger partial charge in [0.25, 0.3) is 5.91 Å². The highest BCUT2D eigenvalue weighted by molar-refractivity contribution is 6.33. The van der Waals surface area contributed by atoms with E-state index in [0.717, 1.165) is 54.5 Å². The van der Waals surface area contributed by atoms with Gasteiger partial charge in [-0.2, -0.15) is 5.10 Å². The number of nitrogens with zero attached hydrogens (tertiary/aromatic N) is 5. The number of rotatable bonds is 4. The minimum atomic E-state index is -0.0448. The Bertz CT molecular complexity index is 1380. The summed E-state index contributed by atoms with van der Waals surface area (Å²) < 4.78 is 7.16. The fourth-order valence-electron chi connectivity index (χ4n) is 4.25. The van der Waals surface area contributed by atoms with Crippen molar-refractivity contribution in [3.8, 4) is 11.3 Å². The van der Waals surface area contributed by atoms with E-state index in [2.05, 4.69) is 30.6 Å². The Kier molecular flexibility index (Phi) is 4.85. The van der Waals surface area contributed by atoms with E-state index < -0.39 is 0 Å². The predicted octanol–water partition coefficient (Wildman–Crippen LogP) is 3.27. The molecular formula is C23H20ClN7O2. The Morgan fingerprint density at radius 1 is 1.09 bits per heavy atom. The van der Waals surface area contributed by atoms with Crippen LogP contribution in [-0.4, -0.2) is 51.8 Å². The molecule has 0 spiro atoms. The van der Waals surface area contributed by atoms with Crippen molar-refractivity contribution in [3.63, 3.8) is 0 Å². The van der Waals surface area contributed by atoms with E-state index in [1.54, 1.807) is 10.7 Å². The third-order valence-corrected chi connectivity index (χ3v) is 6.28. The zero-order chi connectivity index (χ0) is 22.4. The number of benzene rings is 2. The number of anilines is 3. The molecule has 2 aliphatic heterocycles. The molecule has 0 radical (unpaired) electrons. The number of halogens is 1. The summed E-state index contributed by atoms with van der Waals surface area (Å²) in [6.45, 7) is 3.65. The lowest BCUT2D eigenvalue weighted by Crippen LogP contribution is -2.36. The Morgan fingerprint density at radius 2 is 1.97 bits per heavy atom. The fourth-order valence-corrected chi connectivity index (χ4v) is 4.47. The number of carbonyl (C=O) groups is 1. The Labute approximate surface area is 194 Å². The quantitative estimate of drug-likeness (QED) is 0.481. The van der Waals surface area contributed by atoms with Crippen LogP contribution in [0.2, 0.25) is 5.02 Å². The van der Waals surface area contributed by atoms with Gasteiger partial charge in [0.1, 0.15) is 6.33 Å². The van der Waals surface area contributed by atoms with Crippen molar-refractivity contribution < 1.29 is 9.53 Å². The highest BCUT2D eigenvalue weighted by Gasteiger charge is 2.20. The Hall–Kier alpha value is -3.69. The average molecular weight is 462 g/mol. The van der Waals surface area contributed by atoms with Crippen LogP contribution in [0.1, 0.15) is 15.9 Å². The van der Waals surface area contributed by atoms with E-state index in [4.69, 9.17) is 16.3 Å². The van der Waals surface area contributed by atoms with E-state index in [1.807, 2.05) is 36.4 Å². The molecule has 2 N–H and O–H groups in total. The summed E-state index contributed by atoms with van der Waals surface area (Å²) in [4.78, 5) is 23.1. The van der Waals surface area contributed by atoms with Crippen molar-refractivity contribution in [1.29, 1.82) is 0 Å². The number of hydrogen-bond donors (Lipinski definition) is 2. The van der Waals surface area contributed by atoms with Gasteiger partial charge in [-0.25, -0.2) is 14.5 Å². The van der Waals surface area contributed by atoms with E-state index in [-0.39, 0.29) is 5.91 Å². The molecule has 6 rings (SSSR count). The largest absolute Gasteiger partial charge is 0.378 e. The van der Waals surface area contributed by atoms with Crippen LogP contribution in [-0.2, 0) is 11.3 Å². The number of hydrogen-bond acceptors (Lipinski definition) is 7. The van der Waals surface area contributed by atoms with Crippen LogP contribution in [0.15, 0.2) is 48.9 Å². The molecule has 0 unspecified atom stereocenters. The van der Waals surface area contributed by atoms with E-state index in [9.17, 15) is 4.79 Å². The van der Waals surface area contributed by atoms with E-state index in [1.165, 1.54) is 6.33 Å². The Morgan fingerprint density at radius 3 is 2.82 bits per heavy atom. The lowest BCUT2D eigenvalue weighted by atomic mass is 10.0. The second-order valence-electron chi connectivity index (χ2n) is 7.93. The van der Waals surface area contributed by atoms with Gasteiger partial charge in [-0.15, -0.1) is 0 Å². The summed E-state index contributed by atoms with van der Waals surface area (Å²) in [6, 6.07) is 11.6. The van der Waals surface area contributed by atoms with Gasteiger partial charge in [-0.3, -0.25) is 4.79 Å². The molecule has 1 amide bonds. The van der Waals surface area contributed by atoms with Gasteiger partial charge in [0.05, 0.1) is 35.8 Å². The van der Waals surface area contributed by atoms with Crippen LogP contribution in [0.3, 0.4) is 0 Å². The van der Waals surface area contributed by atoms with Crippen molar-refractivity contribution in [2.24, 2.45) is 0 Å². The highest BCUT2D eigenvalue weighted by atomic mass is 35.5. The first-order valence-electron chi connectivity index (χ1n) is 10.7. The molecule has 9 nitrogen and oxygen atoms in total. The van der Waals surface area contributed by atoms with Gasteiger partial charge in [0.2, 0.25) is 0 Å². The van der Waals surface area contributed by atoms with Gasteiger partial charge >= 0.3 is 0 Å². The second kappa shape index (κ2) is 8.02. The van der Waals surface area contributed by atoms with Gasteiger partial charge in [0.15, 0.2) is 11.5 Å². The molecule has 0 atom stereocenters. The lowest BCUT2D eigenvalue weighted by Gasteiger charge is -2.29. The SMILES string of the molecule is O=C1NCc2cc(-c3cnc(Nc4ccc(N5CCOCC5)cc4Cl)c4ncnn34)ccc21. The standard InChI is InChI=1S/C23H20ClN7O2/c24-18-10-16(30-5-7-33-8-6-30)2-4-19(18)29-21-22-27-13-28-31(22)20(12-25-21)14-1-3-17-15(9-14)11-26-23(17)32/h1-4,9-10,12-13H,5-8,11H2,(H,25,29)(H,26,32). The van der Waals surface area contributed by atoms with Crippen LogP contribution in [0.4, 0.5) is 17.2 Å². The molecule has 0 aliphatic carbocycles. The Balaban J connectivity index is 1.31. The maximum absolute atomic E-state index is 11.9. The average Bonchev–Trinajstić information content (AvgIpc) is 3.48. The van der Waals surface area contributed by atoms with Crippen LogP contribution in [0.5, 0.6) is 0 Å². The highest BCUT2D eigenvalue weighted by Crippen LogP contribution is 2.32. The summed E-state index contributed by atoms with van der Waals surface area (Å²) in [5, 5.41) is 11.1. The van der Waals surface area contributed by atoms with Crippen molar-refractivity contribution in [2.45, 2.75) is 6.54 Å². The molecule has 4 heterocycles. The summed E-state index contributed by atoms with van der Waals surface area (Å²) in [5.41, 5.74) is 5.73. The number of nitrogens with one attached hydrogen (secondary N) is 2. The molecule has 166 valence electrons. The molecule has 10 heteroatoms. The molecule has 2 aliphatic rings. The summed E-state index contributed by atoms with van der Waals surface area (Å²) in [5.74, 6) is 0.506. The van der Waals surface area contributed by atoms with Gasteiger partial charge in [-0.05, 0) is 35.9 Å². The zero-order valence-electron chi connectivity index (χ0n) is 17.6. The lowest BCUT2D eigenvalue weighted by molar-refractivity contribution is 0.0965. The predicted molar refractivity (Wildman–Crippen MR) is 125 cm³/mol. The third kappa shape index (κ3) is 3.55. The normalized spacial score (nSPS) is 15.5. The molecule has 1 saturated heterocycles. The summed E-state index contributed by atoms with van der Waals surface area (Å²) >= 11 is 6.59. The first kappa shape index (κ1) is 20.0. The van der Waals surface area contributed by atoms with Gasteiger partial charge in [0, 0.05) is 36.4 Å². The van der Waals surface area contributed by atoms with Crippen LogP contribution >= 0.6 is 11.6 Å². The number of morpholine rings is 1. The summed E-state index contributed by atoms with van der Waals surface area (Å²) in [7, 11) is 0. The van der Waals surface area contributed by atoms with E-state index >= 15 is 0 Å². The number of fused-ring (bicyclic) bond motifs is 2. The van der Waals surface area contributed by atoms with Crippen LogP contribution in [0, 0.1) is 0 Å². The molecule has 2 aromatic carbocycles. The molecule has 0 saturated carbocycles. The first-order chi connectivity index (χ1) is 16.2. The molecular weight excluding hydrogens is 442 g/mol. The maximum atomic E-state index is 11.9. The zero-order valence-corrected chi connectivity index (χ0v) is 18.3. The van der Waals surface area contributed by atoms with Gasteiger partial charge in [-0.1, -0.05) is 17.7 Å². The first-order valence-corrected chi connectivity index (χ1v) is 11.0. The number of amides is 1. The molecule has 33 heavy (non-hydrogen) atoms.